The van der Waals surface area contributed by atoms with E-state index in [0.717, 1.165) is 48.0 Å². The zero-order chi connectivity index (χ0) is 20.1. The minimum atomic E-state index is 0.0193. The number of carbonyl (C=O) groups excluding carboxylic acids is 1. The molecule has 1 amide bonds. The van der Waals surface area contributed by atoms with E-state index in [9.17, 15) is 4.79 Å². The highest BCUT2D eigenvalue weighted by atomic mass is 35.5. The van der Waals surface area contributed by atoms with Gasteiger partial charge in [-0.2, -0.15) is 0 Å². The normalized spacial score (nSPS) is 16.6. The Morgan fingerprint density at radius 1 is 1.14 bits per heavy atom. The Hall–Kier alpha value is -2.37. The first-order valence-corrected chi connectivity index (χ1v) is 11.1. The van der Waals surface area contributed by atoms with Crippen LogP contribution in [0.4, 0.5) is 0 Å². The zero-order valence-corrected chi connectivity index (χ0v) is 17.7. The molecule has 1 aliphatic rings. The molecule has 0 aliphatic carbocycles. The predicted molar refractivity (Wildman–Crippen MR) is 117 cm³/mol. The number of para-hydroxylation sites is 1. The number of likely N-dealkylation sites (tertiary alicyclic amines) is 1. The Bertz CT molecular complexity index is 943. The summed E-state index contributed by atoms with van der Waals surface area (Å²) >= 11 is 7.62. The Balaban J connectivity index is 1.42. The van der Waals surface area contributed by atoms with Crippen LogP contribution in [0.15, 0.2) is 60.0 Å². The van der Waals surface area contributed by atoms with Crippen LogP contribution in [0, 0.1) is 0 Å². The molecule has 0 unspecified atom stereocenters. The fourth-order valence-corrected chi connectivity index (χ4v) is 4.62. The molecule has 4 rings (SSSR count). The summed E-state index contributed by atoms with van der Waals surface area (Å²) in [6.07, 6.45) is 3.86. The second-order valence-electron chi connectivity index (χ2n) is 7.17. The van der Waals surface area contributed by atoms with Crippen LogP contribution >= 0.6 is 22.9 Å². The molecule has 1 atom stereocenters. The molecule has 1 aliphatic heterocycles. The first-order chi connectivity index (χ1) is 14.2. The number of rotatable bonds is 6. The summed E-state index contributed by atoms with van der Waals surface area (Å²) in [4.78, 5) is 19.6. The minimum absolute atomic E-state index is 0.0193. The van der Waals surface area contributed by atoms with Crippen LogP contribution in [0.3, 0.4) is 0 Å². The van der Waals surface area contributed by atoms with Gasteiger partial charge in [0.1, 0.15) is 5.75 Å². The van der Waals surface area contributed by atoms with Crippen molar-refractivity contribution in [1.82, 2.24) is 9.88 Å². The summed E-state index contributed by atoms with van der Waals surface area (Å²) in [7, 11) is 0. The summed E-state index contributed by atoms with van der Waals surface area (Å²) in [5.74, 6) is 0.735. The molecule has 0 saturated carbocycles. The number of benzene rings is 2. The number of carbonyl (C=O) groups is 1. The third-order valence-corrected chi connectivity index (χ3v) is 6.23. The lowest BCUT2D eigenvalue weighted by Gasteiger charge is -2.34. The van der Waals surface area contributed by atoms with Crippen LogP contribution in [0.5, 0.6) is 5.75 Å². The number of hydrogen-bond acceptors (Lipinski definition) is 4. The molecule has 1 fully saturated rings. The Kier molecular flexibility index (Phi) is 6.47. The van der Waals surface area contributed by atoms with E-state index in [1.807, 2.05) is 59.5 Å². The van der Waals surface area contributed by atoms with Crippen molar-refractivity contribution in [2.45, 2.75) is 31.7 Å². The second kappa shape index (κ2) is 9.42. The number of hydrogen-bond donors (Lipinski definition) is 0. The van der Waals surface area contributed by atoms with Crippen molar-refractivity contribution in [1.29, 1.82) is 0 Å². The third kappa shape index (κ3) is 5.17. The van der Waals surface area contributed by atoms with Crippen molar-refractivity contribution in [2.75, 3.05) is 13.2 Å². The Labute approximate surface area is 180 Å². The lowest BCUT2D eigenvalue weighted by molar-refractivity contribution is -0.137. The highest BCUT2D eigenvalue weighted by Gasteiger charge is 2.29. The van der Waals surface area contributed by atoms with Gasteiger partial charge in [-0.15, -0.1) is 11.3 Å². The molecule has 4 nitrogen and oxygen atoms in total. The molecule has 150 valence electrons. The molecule has 0 radical (unpaired) electrons. The lowest BCUT2D eigenvalue weighted by atomic mass is 10.00. The van der Waals surface area contributed by atoms with Crippen molar-refractivity contribution in [3.05, 3.63) is 81.3 Å². The van der Waals surface area contributed by atoms with Crippen LogP contribution in [0.2, 0.25) is 5.02 Å². The maximum absolute atomic E-state index is 12.8. The standard InChI is InChI=1S/C23H23ClN2O2S/c24-18-11-9-17(10-12-18)14-22-25-20(16-29-22)21-8-4-5-13-26(21)23(27)15-28-19-6-2-1-3-7-19/h1-3,6-7,9-12,16,21H,4-5,8,13-15H2/t21-/m1/s1. The second-order valence-corrected chi connectivity index (χ2v) is 8.55. The molecule has 2 heterocycles. The van der Waals surface area contributed by atoms with Gasteiger partial charge in [-0.3, -0.25) is 4.79 Å². The summed E-state index contributed by atoms with van der Waals surface area (Å²) in [6.45, 7) is 0.813. The number of amides is 1. The quantitative estimate of drug-likeness (QED) is 0.521. The van der Waals surface area contributed by atoms with Crippen LogP contribution in [-0.4, -0.2) is 28.9 Å². The molecular formula is C23H23ClN2O2S. The monoisotopic (exact) mass is 426 g/mol. The Morgan fingerprint density at radius 2 is 1.93 bits per heavy atom. The molecule has 0 spiro atoms. The fraction of sp³-hybridized carbons (Fsp3) is 0.304. The SMILES string of the molecule is O=C(COc1ccccc1)N1CCCC[C@@H]1c1csc(Cc2ccc(Cl)cc2)n1. The van der Waals surface area contributed by atoms with Crippen molar-refractivity contribution in [2.24, 2.45) is 0 Å². The van der Waals surface area contributed by atoms with E-state index in [1.54, 1.807) is 11.3 Å². The van der Waals surface area contributed by atoms with Crippen LogP contribution in [0.1, 0.15) is 41.6 Å². The summed E-state index contributed by atoms with van der Waals surface area (Å²) in [6, 6.07) is 17.4. The molecule has 29 heavy (non-hydrogen) atoms. The first kappa shape index (κ1) is 19.9. The van der Waals surface area contributed by atoms with E-state index in [4.69, 9.17) is 21.3 Å². The van der Waals surface area contributed by atoms with Gasteiger partial charge < -0.3 is 9.64 Å². The average Bonchev–Trinajstić information content (AvgIpc) is 3.23. The number of ether oxygens (including phenoxy) is 1. The molecule has 2 aromatic carbocycles. The van der Waals surface area contributed by atoms with Crippen molar-refractivity contribution in [3.8, 4) is 5.75 Å². The van der Waals surface area contributed by atoms with E-state index < -0.39 is 0 Å². The number of piperidine rings is 1. The zero-order valence-electron chi connectivity index (χ0n) is 16.1. The first-order valence-electron chi connectivity index (χ1n) is 9.85. The van der Waals surface area contributed by atoms with Gasteiger partial charge in [0.2, 0.25) is 0 Å². The predicted octanol–water partition coefficient (Wildman–Crippen LogP) is 5.52. The molecule has 6 heteroatoms. The number of halogens is 1. The molecule has 1 aromatic heterocycles. The van der Waals surface area contributed by atoms with Gasteiger partial charge >= 0.3 is 0 Å². The van der Waals surface area contributed by atoms with Gasteiger partial charge in [0.25, 0.3) is 5.91 Å². The summed E-state index contributed by atoms with van der Waals surface area (Å²) in [5.41, 5.74) is 2.18. The fourth-order valence-electron chi connectivity index (χ4n) is 3.62. The van der Waals surface area contributed by atoms with Gasteiger partial charge in [-0.05, 0) is 49.1 Å². The maximum Gasteiger partial charge on any atom is 0.261 e. The van der Waals surface area contributed by atoms with Crippen molar-refractivity contribution >= 4 is 28.8 Å². The van der Waals surface area contributed by atoms with Crippen molar-refractivity contribution in [3.63, 3.8) is 0 Å². The largest absolute Gasteiger partial charge is 0.484 e. The Morgan fingerprint density at radius 3 is 2.72 bits per heavy atom. The minimum Gasteiger partial charge on any atom is -0.484 e. The van der Waals surface area contributed by atoms with E-state index >= 15 is 0 Å². The molecule has 1 saturated heterocycles. The van der Waals surface area contributed by atoms with E-state index in [1.165, 1.54) is 5.56 Å². The summed E-state index contributed by atoms with van der Waals surface area (Å²) in [5, 5.41) is 3.89. The number of aromatic nitrogens is 1. The van der Waals surface area contributed by atoms with Gasteiger partial charge in [0, 0.05) is 23.4 Å². The highest BCUT2D eigenvalue weighted by Crippen LogP contribution is 2.32. The smallest absolute Gasteiger partial charge is 0.261 e. The summed E-state index contributed by atoms with van der Waals surface area (Å²) < 4.78 is 5.68. The van der Waals surface area contributed by atoms with E-state index in [2.05, 4.69) is 5.38 Å². The van der Waals surface area contributed by atoms with E-state index in [0.29, 0.717) is 5.75 Å². The van der Waals surface area contributed by atoms with Crippen LogP contribution < -0.4 is 4.74 Å². The van der Waals surface area contributed by atoms with Crippen molar-refractivity contribution < 1.29 is 9.53 Å². The van der Waals surface area contributed by atoms with Crippen LogP contribution in [-0.2, 0) is 11.2 Å². The number of thiazole rings is 1. The van der Waals surface area contributed by atoms with Gasteiger partial charge in [0.05, 0.1) is 16.7 Å². The molecule has 0 bridgehead atoms. The maximum atomic E-state index is 12.8. The third-order valence-electron chi connectivity index (χ3n) is 5.11. The number of nitrogens with zero attached hydrogens (tertiary/aromatic N) is 2. The highest BCUT2D eigenvalue weighted by molar-refractivity contribution is 7.09. The molecular weight excluding hydrogens is 404 g/mol. The van der Waals surface area contributed by atoms with Gasteiger partial charge in [-0.1, -0.05) is 41.9 Å². The van der Waals surface area contributed by atoms with E-state index in [-0.39, 0.29) is 18.6 Å². The lowest BCUT2D eigenvalue weighted by Crippen LogP contribution is -2.41. The van der Waals surface area contributed by atoms with Gasteiger partial charge in [0.15, 0.2) is 6.61 Å². The average molecular weight is 427 g/mol. The molecule has 0 N–H and O–H groups in total. The van der Waals surface area contributed by atoms with Gasteiger partial charge in [-0.25, -0.2) is 4.98 Å². The molecule has 3 aromatic rings. The topological polar surface area (TPSA) is 42.4 Å². The van der Waals surface area contributed by atoms with Crippen LogP contribution in [0.25, 0.3) is 0 Å².